The van der Waals surface area contributed by atoms with Crippen molar-refractivity contribution in [1.29, 1.82) is 0 Å². The lowest BCUT2D eigenvalue weighted by molar-refractivity contribution is 0.134. The topological polar surface area (TPSA) is 9.23 Å². The van der Waals surface area contributed by atoms with Gasteiger partial charge in [-0.15, -0.1) is 0 Å². The number of rotatable bonds is 1. The van der Waals surface area contributed by atoms with Crippen LogP contribution in [0.2, 0.25) is 0 Å². The van der Waals surface area contributed by atoms with Gasteiger partial charge in [-0.05, 0) is 13.8 Å². The van der Waals surface area contributed by atoms with Crippen molar-refractivity contribution in [2.45, 2.75) is 47.6 Å². The van der Waals surface area contributed by atoms with E-state index in [-0.39, 0.29) is 0 Å². The zero-order valence-electron chi connectivity index (χ0n) is 11.4. The Morgan fingerprint density at radius 1 is 0.667 bits per heavy atom. The Hall–Kier alpha value is -0.820. The molecule has 0 N–H and O–H groups in total. The predicted octanol–water partition coefficient (Wildman–Crippen LogP) is 4.78. The molecule has 90 valence electrons. The second kappa shape index (κ2) is 23.2. The van der Waals surface area contributed by atoms with E-state index in [0.717, 1.165) is 0 Å². The summed E-state index contributed by atoms with van der Waals surface area (Å²) >= 11 is 0. The van der Waals surface area contributed by atoms with Crippen LogP contribution in [0.5, 0.6) is 0 Å². The lowest BCUT2D eigenvalue weighted by Gasteiger charge is -1.94. The highest BCUT2D eigenvalue weighted by atomic mass is 16.5. The van der Waals surface area contributed by atoms with Gasteiger partial charge in [0.25, 0.3) is 0 Å². The number of ether oxygens (including phenoxy) is 1. The first-order valence-electron chi connectivity index (χ1n) is 5.80. The van der Waals surface area contributed by atoms with Crippen molar-refractivity contribution >= 4 is 0 Å². The normalized spacial score (nSPS) is 7.20. The van der Waals surface area contributed by atoms with Crippen LogP contribution in [0.25, 0.3) is 0 Å². The van der Waals surface area contributed by atoms with E-state index >= 15 is 0 Å². The molecule has 0 bridgehead atoms. The van der Waals surface area contributed by atoms with Crippen LogP contribution in [-0.4, -0.2) is 13.2 Å². The third-order valence-corrected chi connectivity index (χ3v) is 1.14. The van der Waals surface area contributed by atoms with Crippen LogP contribution in [-0.2, 0) is 4.74 Å². The van der Waals surface area contributed by atoms with Crippen LogP contribution in [0.1, 0.15) is 41.5 Å². The third-order valence-electron chi connectivity index (χ3n) is 1.14. The molecule has 0 atom stereocenters. The highest BCUT2D eigenvalue weighted by molar-refractivity contribution is 4.99. The summed E-state index contributed by atoms with van der Waals surface area (Å²) in [5.74, 6) is 0. The van der Waals surface area contributed by atoms with E-state index in [1.54, 1.807) is 7.11 Å². The van der Waals surface area contributed by atoms with Gasteiger partial charge in [-0.3, -0.25) is 0 Å². The molecule has 0 saturated heterocycles. The van der Waals surface area contributed by atoms with Gasteiger partial charge < -0.3 is 4.74 Å². The lowest BCUT2D eigenvalue weighted by atomic mass is 10.4. The Labute approximate surface area is 96.5 Å². The second-order valence-corrected chi connectivity index (χ2v) is 2.44. The molecule has 1 aromatic carbocycles. The van der Waals surface area contributed by atoms with E-state index in [2.05, 4.69) is 0 Å². The summed E-state index contributed by atoms with van der Waals surface area (Å²) in [5, 5.41) is 0. The SMILES string of the molecule is CC.CC.COC(C)C.c1ccccc1. The predicted molar refractivity (Wildman–Crippen MR) is 71.3 cm³/mol. The van der Waals surface area contributed by atoms with E-state index in [1.165, 1.54) is 0 Å². The quantitative estimate of drug-likeness (QED) is 0.651. The van der Waals surface area contributed by atoms with Gasteiger partial charge in [0, 0.05) is 7.11 Å². The molecule has 0 amide bonds. The summed E-state index contributed by atoms with van der Waals surface area (Å²) in [5.41, 5.74) is 0. The average Bonchev–Trinajstić information content (AvgIpc) is 2.37. The first-order chi connectivity index (χ1) is 7.27. The smallest absolute Gasteiger partial charge is 0.0515 e. The lowest BCUT2D eigenvalue weighted by Crippen LogP contribution is -1.94. The molecule has 0 unspecified atom stereocenters. The summed E-state index contributed by atoms with van der Waals surface area (Å²) in [7, 11) is 1.70. The fourth-order valence-electron chi connectivity index (χ4n) is 0.385. The maximum absolute atomic E-state index is 4.75. The standard InChI is InChI=1S/C6H6.C4H10O.2C2H6/c1-2-4-6-5-3-1;1-4(2)5-3;2*1-2/h1-6H;4H,1-3H3;2*1-2H3. The van der Waals surface area contributed by atoms with E-state index < -0.39 is 0 Å². The Bertz CT molecular complexity index is 120. The molecule has 0 heterocycles. The Morgan fingerprint density at radius 2 is 0.800 bits per heavy atom. The van der Waals surface area contributed by atoms with Crippen LogP contribution >= 0.6 is 0 Å². The number of methoxy groups -OCH3 is 1. The summed E-state index contributed by atoms with van der Waals surface area (Å²) in [4.78, 5) is 0. The molecular formula is C14H28O. The fourth-order valence-corrected chi connectivity index (χ4v) is 0.385. The molecule has 1 heteroatoms. The van der Waals surface area contributed by atoms with E-state index in [4.69, 9.17) is 4.74 Å². The van der Waals surface area contributed by atoms with Gasteiger partial charge in [0.2, 0.25) is 0 Å². The number of benzene rings is 1. The first-order valence-corrected chi connectivity index (χ1v) is 5.80. The van der Waals surface area contributed by atoms with Crippen LogP contribution in [0.3, 0.4) is 0 Å². The second-order valence-electron chi connectivity index (χ2n) is 2.44. The molecule has 15 heavy (non-hydrogen) atoms. The van der Waals surface area contributed by atoms with Crippen LogP contribution in [0.15, 0.2) is 36.4 Å². The summed E-state index contributed by atoms with van der Waals surface area (Å²) in [6, 6.07) is 12.0. The van der Waals surface area contributed by atoms with Gasteiger partial charge in [0.1, 0.15) is 0 Å². The van der Waals surface area contributed by atoms with Crippen molar-refractivity contribution in [3.05, 3.63) is 36.4 Å². The van der Waals surface area contributed by atoms with Crippen LogP contribution in [0.4, 0.5) is 0 Å². The van der Waals surface area contributed by atoms with Crippen molar-refractivity contribution in [2.24, 2.45) is 0 Å². The molecule has 1 aromatic rings. The highest BCUT2D eigenvalue weighted by Crippen LogP contribution is 1.80. The highest BCUT2D eigenvalue weighted by Gasteiger charge is 1.78. The number of hydrogen-bond acceptors (Lipinski definition) is 1. The fraction of sp³-hybridized carbons (Fsp3) is 0.571. The van der Waals surface area contributed by atoms with Gasteiger partial charge >= 0.3 is 0 Å². The molecule has 1 nitrogen and oxygen atoms in total. The van der Waals surface area contributed by atoms with Gasteiger partial charge in [0.05, 0.1) is 6.10 Å². The van der Waals surface area contributed by atoms with Crippen molar-refractivity contribution < 1.29 is 4.74 Å². The van der Waals surface area contributed by atoms with Gasteiger partial charge in [0.15, 0.2) is 0 Å². The van der Waals surface area contributed by atoms with Crippen molar-refractivity contribution in [1.82, 2.24) is 0 Å². The van der Waals surface area contributed by atoms with Crippen molar-refractivity contribution in [3.63, 3.8) is 0 Å². The van der Waals surface area contributed by atoms with Gasteiger partial charge in [-0.25, -0.2) is 0 Å². The third kappa shape index (κ3) is 32.0. The zero-order valence-corrected chi connectivity index (χ0v) is 11.4. The largest absolute Gasteiger partial charge is 0.382 e. The molecule has 0 saturated carbocycles. The molecular weight excluding hydrogens is 184 g/mol. The molecule has 0 aliphatic carbocycles. The molecule has 0 fully saturated rings. The number of hydrogen-bond donors (Lipinski definition) is 0. The Balaban J connectivity index is -0.000000146. The minimum Gasteiger partial charge on any atom is -0.382 e. The van der Waals surface area contributed by atoms with Crippen molar-refractivity contribution in [3.8, 4) is 0 Å². The zero-order chi connectivity index (χ0) is 12.5. The van der Waals surface area contributed by atoms with Gasteiger partial charge in [-0.2, -0.15) is 0 Å². The molecule has 0 aliphatic heterocycles. The Kier molecular flexibility index (Phi) is 30.5. The maximum Gasteiger partial charge on any atom is 0.0515 e. The van der Waals surface area contributed by atoms with Crippen molar-refractivity contribution in [2.75, 3.05) is 7.11 Å². The van der Waals surface area contributed by atoms with Gasteiger partial charge in [-0.1, -0.05) is 64.1 Å². The minimum absolute atomic E-state index is 0.384. The Morgan fingerprint density at radius 3 is 0.867 bits per heavy atom. The average molecular weight is 212 g/mol. The first kappa shape index (κ1) is 19.7. The van der Waals surface area contributed by atoms with E-state index in [9.17, 15) is 0 Å². The molecule has 0 radical (unpaired) electrons. The van der Waals surface area contributed by atoms with Crippen LogP contribution in [0, 0.1) is 0 Å². The molecule has 1 rings (SSSR count). The molecule has 0 aliphatic rings. The maximum atomic E-state index is 4.75. The summed E-state index contributed by atoms with van der Waals surface area (Å²) in [6.45, 7) is 12.0. The van der Waals surface area contributed by atoms with E-state index in [1.807, 2.05) is 77.9 Å². The molecule has 0 aromatic heterocycles. The minimum atomic E-state index is 0.384. The monoisotopic (exact) mass is 212 g/mol. The summed E-state index contributed by atoms with van der Waals surface area (Å²) < 4.78 is 4.75. The van der Waals surface area contributed by atoms with E-state index in [0.29, 0.717) is 6.10 Å². The van der Waals surface area contributed by atoms with Crippen LogP contribution < -0.4 is 0 Å². The summed E-state index contributed by atoms with van der Waals surface area (Å²) in [6.07, 6.45) is 0.384. The molecule has 0 spiro atoms.